The Morgan fingerprint density at radius 3 is 2.25 bits per heavy atom. The summed E-state index contributed by atoms with van der Waals surface area (Å²) in [5.74, 6) is -1.77. The Labute approximate surface area is 114 Å². The van der Waals surface area contributed by atoms with Gasteiger partial charge >= 0.3 is 0 Å². The molecular weight excluding hydrogens is 269 g/mol. The van der Waals surface area contributed by atoms with Gasteiger partial charge in [0.05, 0.1) is 6.10 Å². The van der Waals surface area contributed by atoms with Gasteiger partial charge in [-0.2, -0.15) is 0 Å². The van der Waals surface area contributed by atoms with Crippen LogP contribution in [-0.4, -0.2) is 5.11 Å². The number of hydrogen-bond acceptors (Lipinski definition) is 2. The SMILES string of the molecule is C[C@H](O)c1ccc(OCc2cc(F)cc(F)c2)cc1F. The standard InChI is InChI=1S/C15H13F3O2/c1-9(19)14-3-2-13(7-15(14)18)20-8-10-4-11(16)6-12(17)5-10/h2-7,9,19H,8H2,1H3/t9-/m0/s1. The van der Waals surface area contributed by atoms with Gasteiger partial charge in [-0.3, -0.25) is 0 Å². The normalized spacial score (nSPS) is 12.2. The minimum Gasteiger partial charge on any atom is -0.489 e. The van der Waals surface area contributed by atoms with E-state index in [9.17, 15) is 18.3 Å². The minimum atomic E-state index is -0.915. The third-order valence-corrected chi connectivity index (χ3v) is 2.75. The average molecular weight is 282 g/mol. The van der Waals surface area contributed by atoms with Gasteiger partial charge in [-0.05, 0) is 36.8 Å². The Kier molecular flexibility index (Phi) is 4.29. The largest absolute Gasteiger partial charge is 0.489 e. The van der Waals surface area contributed by atoms with Gasteiger partial charge in [0.2, 0.25) is 0 Å². The highest BCUT2D eigenvalue weighted by molar-refractivity contribution is 5.30. The molecule has 106 valence electrons. The summed E-state index contributed by atoms with van der Waals surface area (Å²) in [4.78, 5) is 0. The van der Waals surface area contributed by atoms with Crippen LogP contribution in [0, 0.1) is 17.5 Å². The first-order valence-corrected chi connectivity index (χ1v) is 6.01. The fourth-order valence-electron chi connectivity index (χ4n) is 1.80. The lowest BCUT2D eigenvalue weighted by molar-refractivity contribution is 0.194. The van der Waals surface area contributed by atoms with Crippen molar-refractivity contribution in [2.45, 2.75) is 19.6 Å². The lowest BCUT2D eigenvalue weighted by Crippen LogP contribution is -2.00. The third kappa shape index (κ3) is 3.51. The predicted octanol–water partition coefficient (Wildman–Crippen LogP) is 3.74. The molecule has 0 radical (unpaired) electrons. The van der Waals surface area contributed by atoms with Gasteiger partial charge < -0.3 is 9.84 Å². The first-order chi connectivity index (χ1) is 9.45. The van der Waals surface area contributed by atoms with E-state index in [1.54, 1.807) is 0 Å². The van der Waals surface area contributed by atoms with E-state index in [0.717, 1.165) is 24.3 Å². The number of halogens is 3. The van der Waals surface area contributed by atoms with Gasteiger partial charge in [0.15, 0.2) is 0 Å². The smallest absolute Gasteiger partial charge is 0.132 e. The van der Waals surface area contributed by atoms with Gasteiger partial charge in [0, 0.05) is 17.7 Å². The van der Waals surface area contributed by atoms with Gasteiger partial charge in [-0.25, -0.2) is 13.2 Å². The maximum atomic E-state index is 13.6. The Hall–Kier alpha value is -2.01. The van der Waals surface area contributed by atoms with Gasteiger partial charge in [-0.1, -0.05) is 0 Å². The van der Waals surface area contributed by atoms with E-state index in [4.69, 9.17) is 4.74 Å². The molecular formula is C15H13F3O2. The number of ether oxygens (including phenoxy) is 1. The molecule has 0 aliphatic heterocycles. The van der Waals surface area contributed by atoms with E-state index in [2.05, 4.69) is 0 Å². The maximum Gasteiger partial charge on any atom is 0.132 e. The molecule has 0 fully saturated rings. The molecule has 1 atom stereocenters. The Morgan fingerprint density at radius 2 is 1.70 bits per heavy atom. The van der Waals surface area contributed by atoms with Crippen molar-refractivity contribution in [1.82, 2.24) is 0 Å². The highest BCUT2D eigenvalue weighted by Gasteiger charge is 2.09. The van der Waals surface area contributed by atoms with Crippen molar-refractivity contribution in [3.63, 3.8) is 0 Å². The molecule has 2 rings (SSSR count). The summed E-state index contributed by atoms with van der Waals surface area (Å²) < 4.78 is 44.8. The predicted molar refractivity (Wildman–Crippen MR) is 67.7 cm³/mol. The Balaban J connectivity index is 2.09. The fourth-order valence-corrected chi connectivity index (χ4v) is 1.80. The molecule has 2 aromatic carbocycles. The summed E-state index contributed by atoms with van der Waals surface area (Å²) in [5.41, 5.74) is 0.469. The molecule has 2 aromatic rings. The molecule has 2 nitrogen and oxygen atoms in total. The second kappa shape index (κ2) is 5.96. The molecule has 20 heavy (non-hydrogen) atoms. The fraction of sp³-hybridized carbons (Fsp3) is 0.200. The number of benzene rings is 2. The topological polar surface area (TPSA) is 29.5 Å². The molecule has 0 saturated heterocycles. The van der Waals surface area contributed by atoms with Crippen LogP contribution in [-0.2, 0) is 6.61 Å². The van der Waals surface area contributed by atoms with Crippen LogP contribution in [0.1, 0.15) is 24.2 Å². The van der Waals surface area contributed by atoms with Crippen LogP contribution >= 0.6 is 0 Å². The summed E-state index contributed by atoms with van der Waals surface area (Å²) >= 11 is 0. The summed E-state index contributed by atoms with van der Waals surface area (Å²) in [6.07, 6.45) is -0.915. The molecule has 0 saturated carbocycles. The van der Waals surface area contributed by atoms with Crippen LogP contribution in [0.5, 0.6) is 5.75 Å². The lowest BCUT2D eigenvalue weighted by Gasteiger charge is -2.10. The van der Waals surface area contributed by atoms with Crippen LogP contribution in [0.4, 0.5) is 13.2 Å². The van der Waals surface area contributed by atoms with Crippen molar-refractivity contribution in [3.8, 4) is 5.75 Å². The van der Waals surface area contributed by atoms with Gasteiger partial charge in [0.1, 0.15) is 29.8 Å². The lowest BCUT2D eigenvalue weighted by atomic mass is 10.1. The van der Waals surface area contributed by atoms with Crippen molar-refractivity contribution < 1.29 is 23.0 Å². The van der Waals surface area contributed by atoms with Crippen molar-refractivity contribution >= 4 is 0 Å². The molecule has 5 heteroatoms. The summed E-state index contributed by atoms with van der Waals surface area (Å²) in [5, 5.41) is 9.30. The van der Waals surface area contributed by atoms with Crippen LogP contribution in [0.15, 0.2) is 36.4 Å². The zero-order valence-electron chi connectivity index (χ0n) is 10.7. The minimum absolute atomic E-state index is 0.0812. The van der Waals surface area contributed by atoms with Crippen molar-refractivity contribution in [3.05, 3.63) is 65.0 Å². The Bertz CT molecular complexity index is 592. The molecule has 0 aromatic heterocycles. The van der Waals surface area contributed by atoms with E-state index in [-0.39, 0.29) is 17.9 Å². The molecule has 0 amide bonds. The highest BCUT2D eigenvalue weighted by Crippen LogP contribution is 2.22. The third-order valence-electron chi connectivity index (χ3n) is 2.75. The quantitative estimate of drug-likeness (QED) is 0.925. The zero-order valence-corrected chi connectivity index (χ0v) is 10.7. The van der Waals surface area contributed by atoms with Crippen molar-refractivity contribution in [2.75, 3.05) is 0 Å². The van der Waals surface area contributed by atoms with Crippen LogP contribution in [0.3, 0.4) is 0 Å². The van der Waals surface area contributed by atoms with E-state index in [0.29, 0.717) is 5.56 Å². The summed E-state index contributed by atoms with van der Waals surface area (Å²) in [6, 6.07) is 7.06. The van der Waals surface area contributed by atoms with E-state index in [1.807, 2.05) is 0 Å². The van der Waals surface area contributed by atoms with Gasteiger partial charge in [-0.15, -0.1) is 0 Å². The van der Waals surface area contributed by atoms with Gasteiger partial charge in [0.25, 0.3) is 0 Å². The molecule has 0 unspecified atom stereocenters. The molecule has 1 N–H and O–H groups in total. The number of rotatable bonds is 4. The first-order valence-electron chi connectivity index (χ1n) is 6.01. The van der Waals surface area contributed by atoms with Crippen LogP contribution in [0.25, 0.3) is 0 Å². The molecule has 0 spiro atoms. The second-order valence-electron chi connectivity index (χ2n) is 4.43. The van der Waals surface area contributed by atoms with E-state index in [1.165, 1.54) is 19.1 Å². The van der Waals surface area contributed by atoms with Crippen LogP contribution in [0.2, 0.25) is 0 Å². The Morgan fingerprint density at radius 1 is 1.05 bits per heavy atom. The summed E-state index contributed by atoms with van der Waals surface area (Å²) in [7, 11) is 0. The van der Waals surface area contributed by atoms with Crippen molar-refractivity contribution in [2.24, 2.45) is 0 Å². The number of aliphatic hydroxyl groups excluding tert-OH is 1. The van der Waals surface area contributed by atoms with Crippen molar-refractivity contribution in [1.29, 1.82) is 0 Å². The summed E-state index contributed by atoms with van der Waals surface area (Å²) in [6.45, 7) is 1.37. The molecule has 0 aliphatic rings. The maximum absolute atomic E-state index is 13.6. The second-order valence-corrected chi connectivity index (χ2v) is 4.43. The number of hydrogen-bond donors (Lipinski definition) is 1. The zero-order chi connectivity index (χ0) is 14.7. The monoisotopic (exact) mass is 282 g/mol. The first kappa shape index (κ1) is 14.4. The number of aliphatic hydroxyl groups is 1. The van der Waals surface area contributed by atoms with Crippen LogP contribution < -0.4 is 4.74 Å². The average Bonchev–Trinajstić information content (AvgIpc) is 2.35. The molecule has 0 bridgehead atoms. The molecule has 0 heterocycles. The van der Waals surface area contributed by atoms with E-state index < -0.39 is 23.6 Å². The molecule has 0 aliphatic carbocycles. The highest BCUT2D eigenvalue weighted by atomic mass is 19.1. The van der Waals surface area contributed by atoms with E-state index >= 15 is 0 Å².